The summed E-state index contributed by atoms with van der Waals surface area (Å²) in [4.78, 5) is 0. The molecule has 0 aliphatic carbocycles. The van der Waals surface area contributed by atoms with Gasteiger partial charge in [-0.2, -0.15) is 13.1 Å². The Kier molecular flexibility index (Phi) is 4.92. The van der Waals surface area contributed by atoms with Crippen LogP contribution in [0.4, 0.5) is 5.69 Å². The van der Waals surface area contributed by atoms with Gasteiger partial charge in [0, 0.05) is 12.6 Å². The molecule has 6 heteroatoms. The van der Waals surface area contributed by atoms with E-state index in [1.165, 1.54) is 0 Å². The van der Waals surface area contributed by atoms with E-state index in [0.29, 0.717) is 12.2 Å². The van der Waals surface area contributed by atoms with Crippen molar-refractivity contribution in [2.45, 2.75) is 26.4 Å². The Morgan fingerprint density at radius 1 is 1.29 bits per heavy atom. The predicted octanol–water partition coefficient (Wildman–Crippen LogP) is 1.06. The first-order valence-electron chi connectivity index (χ1n) is 5.46. The Hall–Kier alpha value is -1.11. The standard InChI is InChI=1S/C11H19N3O2S/c1-9(2)13-17(15,16)14-11-6-4-5-10(7-11)8-12-3/h4-7,9,12-14H,8H2,1-3H3. The van der Waals surface area contributed by atoms with Crippen LogP contribution in [-0.2, 0) is 16.8 Å². The van der Waals surface area contributed by atoms with Crippen LogP contribution in [0.1, 0.15) is 19.4 Å². The molecule has 17 heavy (non-hydrogen) atoms. The van der Waals surface area contributed by atoms with E-state index in [1.54, 1.807) is 26.0 Å². The molecular weight excluding hydrogens is 238 g/mol. The molecule has 3 N–H and O–H groups in total. The summed E-state index contributed by atoms with van der Waals surface area (Å²) in [6, 6.07) is 7.15. The molecule has 96 valence electrons. The van der Waals surface area contributed by atoms with Gasteiger partial charge in [-0.3, -0.25) is 4.72 Å². The first-order valence-corrected chi connectivity index (χ1v) is 6.95. The van der Waals surface area contributed by atoms with Gasteiger partial charge in [0.2, 0.25) is 0 Å². The molecule has 5 nitrogen and oxygen atoms in total. The van der Waals surface area contributed by atoms with Crippen LogP contribution in [0.5, 0.6) is 0 Å². The molecule has 1 aromatic carbocycles. The van der Waals surface area contributed by atoms with E-state index < -0.39 is 10.2 Å². The maximum Gasteiger partial charge on any atom is 0.299 e. The van der Waals surface area contributed by atoms with E-state index >= 15 is 0 Å². The fourth-order valence-electron chi connectivity index (χ4n) is 1.44. The third-order valence-electron chi connectivity index (χ3n) is 1.95. The van der Waals surface area contributed by atoms with Crippen LogP contribution < -0.4 is 14.8 Å². The van der Waals surface area contributed by atoms with Gasteiger partial charge in [-0.1, -0.05) is 12.1 Å². The number of hydrogen-bond donors (Lipinski definition) is 3. The third kappa shape index (κ3) is 5.16. The van der Waals surface area contributed by atoms with Crippen LogP contribution in [0.25, 0.3) is 0 Å². The van der Waals surface area contributed by atoms with Gasteiger partial charge in [0.1, 0.15) is 0 Å². The monoisotopic (exact) mass is 257 g/mol. The van der Waals surface area contributed by atoms with Crippen molar-refractivity contribution in [2.24, 2.45) is 0 Å². The summed E-state index contributed by atoms with van der Waals surface area (Å²) >= 11 is 0. The lowest BCUT2D eigenvalue weighted by atomic mass is 10.2. The van der Waals surface area contributed by atoms with Gasteiger partial charge in [-0.05, 0) is 38.6 Å². The van der Waals surface area contributed by atoms with E-state index in [1.807, 2.05) is 19.2 Å². The molecule has 0 saturated heterocycles. The maximum atomic E-state index is 11.6. The van der Waals surface area contributed by atoms with Crippen molar-refractivity contribution in [1.82, 2.24) is 10.0 Å². The fourth-order valence-corrected chi connectivity index (χ4v) is 2.56. The molecular formula is C11H19N3O2S. The SMILES string of the molecule is CNCc1cccc(NS(=O)(=O)NC(C)C)c1. The second-order valence-corrected chi connectivity index (χ2v) is 5.56. The number of nitrogens with one attached hydrogen (secondary N) is 3. The predicted molar refractivity (Wildman–Crippen MR) is 70.0 cm³/mol. The van der Waals surface area contributed by atoms with Crippen LogP contribution in [0.15, 0.2) is 24.3 Å². The van der Waals surface area contributed by atoms with Gasteiger partial charge in [0.15, 0.2) is 0 Å². The lowest BCUT2D eigenvalue weighted by Gasteiger charge is -2.12. The van der Waals surface area contributed by atoms with Crippen molar-refractivity contribution in [3.05, 3.63) is 29.8 Å². The molecule has 0 aromatic heterocycles. The van der Waals surface area contributed by atoms with Crippen LogP contribution in [0.3, 0.4) is 0 Å². The zero-order valence-corrected chi connectivity index (χ0v) is 11.1. The average Bonchev–Trinajstić information content (AvgIpc) is 2.15. The van der Waals surface area contributed by atoms with Gasteiger partial charge in [-0.15, -0.1) is 0 Å². The van der Waals surface area contributed by atoms with Crippen molar-refractivity contribution in [3.8, 4) is 0 Å². The maximum absolute atomic E-state index is 11.6. The summed E-state index contributed by atoms with van der Waals surface area (Å²) in [5, 5.41) is 3.01. The van der Waals surface area contributed by atoms with Crippen molar-refractivity contribution in [3.63, 3.8) is 0 Å². The Morgan fingerprint density at radius 2 is 2.00 bits per heavy atom. The molecule has 0 bridgehead atoms. The van der Waals surface area contributed by atoms with E-state index in [-0.39, 0.29) is 6.04 Å². The van der Waals surface area contributed by atoms with Crippen LogP contribution in [0, 0.1) is 0 Å². The van der Waals surface area contributed by atoms with Crippen molar-refractivity contribution in [2.75, 3.05) is 11.8 Å². The molecule has 0 radical (unpaired) electrons. The summed E-state index contributed by atoms with van der Waals surface area (Å²) in [7, 11) is -1.64. The summed E-state index contributed by atoms with van der Waals surface area (Å²) in [5.41, 5.74) is 1.59. The quantitative estimate of drug-likeness (QED) is 0.713. The molecule has 0 heterocycles. The molecule has 1 rings (SSSR count). The van der Waals surface area contributed by atoms with Gasteiger partial charge in [0.25, 0.3) is 10.2 Å². The van der Waals surface area contributed by atoms with Crippen molar-refractivity contribution >= 4 is 15.9 Å². The second-order valence-electron chi connectivity index (χ2n) is 4.11. The zero-order valence-electron chi connectivity index (χ0n) is 10.3. The number of anilines is 1. The summed E-state index contributed by atoms with van der Waals surface area (Å²) in [6.07, 6.45) is 0. The Balaban J connectivity index is 2.77. The highest BCUT2D eigenvalue weighted by atomic mass is 32.2. The fraction of sp³-hybridized carbons (Fsp3) is 0.455. The molecule has 0 aliphatic heterocycles. The number of hydrogen-bond acceptors (Lipinski definition) is 3. The molecule has 0 unspecified atom stereocenters. The minimum absolute atomic E-state index is 0.131. The Labute approximate surface area is 103 Å². The number of benzene rings is 1. The van der Waals surface area contributed by atoms with Gasteiger partial charge >= 0.3 is 0 Å². The van der Waals surface area contributed by atoms with E-state index in [4.69, 9.17) is 0 Å². The molecule has 0 fully saturated rings. The van der Waals surface area contributed by atoms with Crippen LogP contribution in [-0.4, -0.2) is 21.5 Å². The Bertz CT molecular complexity index is 458. The molecule has 1 aromatic rings. The summed E-state index contributed by atoms with van der Waals surface area (Å²) < 4.78 is 28.2. The molecule has 0 amide bonds. The molecule has 0 atom stereocenters. The largest absolute Gasteiger partial charge is 0.316 e. The highest BCUT2D eigenvalue weighted by molar-refractivity contribution is 7.90. The molecule has 0 aliphatic rings. The first-order chi connectivity index (χ1) is 7.93. The van der Waals surface area contributed by atoms with Crippen LogP contribution >= 0.6 is 0 Å². The minimum atomic E-state index is -3.49. The lowest BCUT2D eigenvalue weighted by Crippen LogP contribution is -2.35. The molecule has 0 spiro atoms. The normalized spacial score (nSPS) is 11.8. The van der Waals surface area contributed by atoms with E-state index in [0.717, 1.165) is 5.56 Å². The average molecular weight is 257 g/mol. The zero-order chi connectivity index (χ0) is 12.9. The van der Waals surface area contributed by atoms with Gasteiger partial charge < -0.3 is 5.32 Å². The Morgan fingerprint density at radius 3 is 2.59 bits per heavy atom. The van der Waals surface area contributed by atoms with Crippen molar-refractivity contribution in [1.29, 1.82) is 0 Å². The highest BCUT2D eigenvalue weighted by Crippen LogP contribution is 2.11. The minimum Gasteiger partial charge on any atom is -0.316 e. The smallest absolute Gasteiger partial charge is 0.299 e. The topological polar surface area (TPSA) is 70.2 Å². The summed E-state index contributed by atoms with van der Waals surface area (Å²) in [5.74, 6) is 0. The van der Waals surface area contributed by atoms with E-state index in [9.17, 15) is 8.42 Å². The van der Waals surface area contributed by atoms with Crippen LogP contribution in [0.2, 0.25) is 0 Å². The van der Waals surface area contributed by atoms with Gasteiger partial charge in [-0.25, -0.2) is 0 Å². The highest BCUT2D eigenvalue weighted by Gasteiger charge is 2.11. The van der Waals surface area contributed by atoms with E-state index in [2.05, 4.69) is 14.8 Å². The lowest BCUT2D eigenvalue weighted by molar-refractivity contribution is 0.575. The second kappa shape index (κ2) is 6.00. The third-order valence-corrected chi connectivity index (χ3v) is 3.24. The first kappa shape index (κ1) is 14.0. The number of rotatable bonds is 6. The molecule has 0 saturated carbocycles. The van der Waals surface area contributed by atoms with Crippen molar-refractivity contribution < 1.29 is 8.42 Å². The van der Waals surface area contributed by atoms with Gasteiger partial charge in [0.05, 0.1) is 5.69 Å². The summed E-state index contributed by atoms with van der Waals surface area (Å²) in [6.45, 7) is 4.25.